The largest absolute Gasteiger partial charge is 0.489 e. The van der Waals surface area contributed by atoms with Crippen molar-refractivity contribution >= 4 is 22.9 Å². The van der Waals surface area contributed by atoms with Gasteiger partial charge in [0.15, 0.2) is 0 Å². The molecule has 0 radical (unpaired) electrons. The Morgan fingerprint density at radius 3 is 2.62 bits per heavy atom. The number of nitrogens with one attached hydrogen (secondary N) is 1. The summed E-state index contributed by atoms with van der Waals surface area (Å²) in [5.74, 6) is 0.814. The van der Waals surface area contributed by atoms with Crippen LogP contribution in [0.3, 0.4) is 0 Å². The summed E-state index contributed by atoms with van der Waals surface area (Å²) in [5.41, 5.74) is 6.50. The summed E-state index contributed by atoms with van der Waals surface area (Å²) < 4.78 is 5.99. The molecule has 0 aliphatic rings. The molecule has 1 amide bonds. The lowest BCUT2D eigenvalue weighted by atomic mass is 10.1. The van der Waals surface area contributed by atoms with Gasteiger partial charge in [0, 0.05) is 11.3 Å². The predicted molar refractivity (Wildman–Crippen MR) is 108 cm³/mol. The lowest BCUT2D eigenvalue weighted by Gasteiger charge is -2.11. The zero-order chi connectivity index (χ0) is 18.7. The molecule has 3 aromatic rings. The second-order valence-corrected chi connectivity index (χ2v) is 7.55. The van der Waals surface area contributed by atoms with Gasteiger partial charge in [-0.15, -0.1) is 11.3 Å². The Labute approximate surface area is 158 Å². The number of thiophene rings is 1. The summed E-state index contributed by atoms with van der Waals surface area (Å²) in [6.45, 7) is 8.69. The van der Waals surface area contributed by atoms with Gasteiger partial charge in [0.05, 0.1) is 4.88 Å². The van der Waals surface area contributed by atoms with Crippen molar-refractivity contribution in [3.8, 4) is 5.75 Å². The molecule has 0 atom stereocenters. The topological polar surface area (TPSA) is 38.3 Å². The summed E-state index contributed by atoms with van der Waals surface area (Å²) in [4.78, 5) is 13.1. The molecule has 3 rings (SSSR count). The third kappa shape index (κ3) is 4.33. The van der Waals surface area contributed by atoms with Crippen molar-refractivity contribution in [2.45, 2.75) is 34.3 Å². The van der Waals surface area contributed by atoms with Crippen molar-refractivity contribution in [2.75, 3.05) is 5.32 Å². The van der Waals surface area contributed by atoms with Gasteiger partial charge in [0.1, 0.15) is 12.4 Å². The maximum Gasteiger partial charge on any atom is 0.265 e. The molecule has 0 aliphatic carbocycles. The van der Waals surface area contributed by atoms with Crippen molar-refractivity contribution < 1.29 is 9.53 Å². The smallest absolute Gasteiger partial charge is 0.265 e. The van der Waals surface area contributed by atoms with E-state index in [1.54, 1.807) is 0 Å². The van der Waals surface area contributed by atoms with E-state index in [-0.39, 0.29) is 5.91 Å². The molecule has 0 bridgehead atoms. The van der Waals surface area contributed by atoms with Gasteiger partial charge in [-0.2, -0.15) is 0 Å². The quantitative estimate of drug-likeness (QED) is 0.619. The molecular formula is C22H23NO2S. The van der Waals surface area contributed by atoms with E-state index < -0.39 is 0 Å². The van der Waals surface area contributed by atoms with E-state index in [0.717, 1.165) is 28.1 Å². The van der Waals surface area contributed by atoms with E-state index in [9.17, 15) is 4.79 Å². The molecule has 0 spiro atoms. The van der Waals surface area contributed by atoms with Crippen molar-refractivity contribution in [3.05, 3.63) is 80.5 Å². The van der Waals surface area contributed by atoms with Gasteiger partial charge in [0.25, 0.3) is 5.91 Å². The number of hydrogen-bond acceptors (Lipinski definition) is 3. The van der Waals surface area contributed by atoms with Gasteiger partial charge in [0.2, 0.25) is 0 Å². The molecule has 0 aliphatic heterocycles. The van der Waals surface area contributed by atoms with Crippen LogP contribution >= 0.6 is 11.3 Å². The Bertz CT molecular complexity index is 943. The SMILES string of the molecule is Cc1cccc(NC(=O)c2cc(COc3cc(C)cc(C)c3C)cs2)c1. The molecule has 0 saturated heterocycles. The standard InChI is InChI=1S/C22H23NO2S/c1-14-6-5-7-19(9-14)23-22(24)21-11-18(13-26-21)12-25-20-10-15(2)8-16(3)17(20)4/h5-11,13H,12H2,1-4H3,(H,23,24). The van der Waals surface area contributed by atoms with Gasteiger partial charge in [-0.05, 0) is 79.6 Å². The first-order chi connectivity index (χ1) is 12.4. The van der Waals surface area contributed by atoms with E-state index in [1.165, 1.54) is 22.5 Å². The highest BCUT2D eigenvalue weighted by Gasteiger charge is 2.11. The summed E-state index contributed by atoms with van der Waals surface area (Å²) in [6.07, 6.45) is 0. The molecule has 134 valence electrons. The van der Waals surface area contributed by atoms with E-state index in [0.29, 0.717) is 11.5 Å². The van der Waals surface area contributed by atoms with Crippen molar-refractivity contribution in [3.63, 3.8) is 0 Å². The molecular weight excluding hydrogens is 342 g/mol. The summed E-state index contributed by atoms with van der Waals surface area (Å²) in [6, 6.07) is 13.9. The van der Waals surface area contributed by atoms with Crippen molar-refractivity contribution in [1.29, 1.82) is 0 Å². The lowest BCUT2D eigenvalue weighted by molar-refractivity contribution is 0.103. The molecule has 0 fully saturated rings. The average Bonchev–Trinajstić information content (AvgIpc) is 3.06. The lowest BCUT2D eigenvalue weighted by Crippen LogP contribution is -2.10. The molecule has 2 aromatic carbocycles. The molecule has 1 N–H and O–H groups in total. The minimum absolute atomic E-state index is 0.0885. The van der Waals surface area contributed by atoms with E-state index >= 15 is 0 Å². The predicted octanol–water partition coefficient (Wildman–Crippen LogP) is 5.81. The van der Waals surface area contributed by atoms with Crippen LogP contribution in [0.15, 0.2) is 47.8 Å². The monoisotopic (exact) mass is 365 g/mol. The van der Waals surface area contributed by atoms with Crippen LogP contribution in [-0.4, -0.2) is 5.91 Å². The number of amides is 1. The number of anilines is 1. The fraction of sp³-hybridized carbons (Fsp3) is 0.227. The highest BCUT2D eigenvalue weighted by atomic mass is 32.1. The summed E-state index contributed by atoms with van der Waals surface area (Å²) >= 11 is 1.43. The first-order valence-electron chi connectivity index (χ1n) is 8.58. The van der Waals surface area contributed by atoms with Crippen molar-refractivity contribution in [1.82, 2.24) is 0 Å². The van der Waals surface area contributed by atoms with Crippen LogP contribution in [0.2, 0.25) is 0 Å². The van der Waals surface area contributed by atoms with Crippen LogP contribution in [0.4, 0.5) is 5.69 Å². The highest BCUT2D eigenvalue weighted by molar-refractivity contribution is 7.12. The average molecular weight is 365 g/mol. The molecule has 4 heteroatoms. The van der Waals surface area contributed by atoms with Gasteiger partial charge in [-0.3, -0.25) is 4.79 Å². The molecule has 1 aromatic heterocycles. The highest BCUT2D eigenvalue weighted by Crippen LogP contribution is 2.25. The zero-order valence-corrected chi connectivity index (χ0v) is 16.4. The first kappa shape index (κ1) is 18.2. The number of ether oxygens (including phenoxy) is 1. The first-order valence-corrected chi connectivity index (χ1v) is 9.46. The van der Waals surface area contributed by atoms with Crippen LogP contribution in [-0.2, 0) is 6.61 Å². The maximum atomic E-state index is 12.4. The fourth-order valence-electron chi connectivity index (χ4n) is 2.80. The second-order valence-electron chi connectivity index (χ2n) is 6.64. The Kier molecular flexibility index (Phi) is 5.43. The normalized spacial score (nSPS) is 10.6. The molecule has 0 saturated carbocycles. The molecule has 3 nitrogen and oxygen atoms in total. The van der Waals surface area contributed by atoms with Crippen LogP contribution in [0.25, 0.3) is 0 Å². The minimum atomic E-state index is -0.0885. The molecule has 1 heterocycles. The molecule has 0 unspecified atom stereocenters. The Hall–Kier alpha value is -2.59. The van der Waals surface area contributed by atoms with Crippen LogP contribution in [0.1, 0.15) is 37.5 Å². The second kappa shape index (κ2) is 7.75. The maximum absolute atomic E-state index is 12.4. The van der Waals surface area contributed by atoms with Gasteiger partial charge in [-0.25, -0.2) is 0 Å². The third-order valence-electron chi connectivity index (χ3n) is 4.31. The number of hydrogen-bond donors (Lipinski definition) is 1. The van der Waals surface area contributed by atoms with E-state index in [2.05, 4.69) is 38.2 Å². The number of rotatable bonds is 5. The number of benzene rings is 2. The summed E-state index contributed by atoms with van der Waals surface area (Å²) in [5, 5.41) is 4.92. The van der Waals surface area contributed by atoms with E-state index in [4.69, 9.17) is 4.74 Å². The van der Waals surface area contributed by atoms with Gasteiger partial charge >= 0.3 is 0 Å². The minimum Gasteiger partial charge on any atom is -0.489 e. The number of carbonyl (C=O) groups excluding carboxylic acids is 1. The van der Waals surface area contributed by atoms with Crippen LogP contribution in [0.5, 0.6) is 5.75 Å². The number of carbonyl (C=O) groups is 1. The summed E-state index contributed by atoms with van der Waals surface area (Å²) in [7, 11) is 0. The van der Waals surface area contributed by atoms with Crippen molar-refractivity contribution in [2.24, 2.45) is 0 Å². The van der Waals surface area contributed by atoms with Crippen LogP contribution < -0.4 is 10.1 Å². The van der Waals surface area contributed by atoms with E-state index in [1.807, 2.05) is 42.6 Å². The third-order valence-corrected chi connectivity index (χ3v) is 5.29. The Morgan fingerprint density at radius 2 is 1.85 bits per heavy atom. The Balaban J connectivity index is 1.65. The van der Waals surface area contributed by atoms with Crippen LogP contribution in [0, 0.1) is 27.7 Å². The van der Waals surface area contributed by atoms with Gasteiger partial charge in [-0.1, -0.05) is 18.2 Å². The van der Waals surface area contributed by atoms with Gasteiger partial charge < -0.3 is 10.1 Å². The number of aryl methyl sites for hydroxylation is 3. The fourth-order valence-corrected chi connectivity index (χ4v) is 3.59. The molecule has 26 heavy (non-hydrogen) atoms. The Morgan fingerprint density at radius 1 is 1.04 bits per heavy atom. The zero-order valence-electron chi connectivity index (χ0n) is 15.6.